The number of aromatic nitrogens is 1. The zero-order chi connectivity index (χ0) is 43.0. The monoisotopic (exact) mass is 832 g/mol. The SMILES string of the molecule is CC(=NC(=NC(=N)c1ccc2oc3ccccc3c2c1)n1c2ccccc2c2ccc3c(c21)-c1ccccc1C31c2ccccc2-c2ccccc21)c1ccc2oc3ccccc3c2c1. The van der Waals surface area contributed by atoms with E-state index in [1.165, 1.54) is 38.9 Å². The third-order valence-corrected chi connectivity index (χ3v) is 13.9. The van der Waals surface area contributed by atoms with E-state index in [9.17, 15) is 5.41 Å². The van der Waals surface area contributed by atoms with E-state index in [1.807, 2.05) is 67.6 Å². The summed E-state index contributed by atoms with van der Waals surface area (Å²) < 4.78 is 14.6. The zero-order valence-corrected chi connectivity index (χ0v) is 35.1. The average molecular weight is 833 g/mol. The fraction of sp³-hybridized carbons (Fsp3) is 0.0339. The van der Waals surface area contributed by atoms with Gasteiger partial charge in [-0.05, 0) is 106 Å². The van der Waals surface area contributed by atoms with Gasteiger partial charge in [-0.25, -0.2) is 4.99 Å². The Kier molecular flexibility index (Phi) is 7.30. The first-order valence-electron chi connectivity index (χ1n) is 22.0. The van der Waals surface area contributed by atoms with E-state index >= 15 is 0 Å². The second-order valence-electron chi connectivity index (χ2n) is 17.2. The Bertz CT molecular complexity index is 4070. The minimum Gasteiger partial charge on any atom is -0.456 e. The van der Waals surface area contributed by atoms with Gasteiger partial charge in [0.2, 0.25) is 5.96 Å². The van der Waals surface area contributed by atoms with Crippen molar-refractivity contribution in [3.8, 4) is 22.3 Å². The number of nitrogens with one attached hydrogen (secondary N) is 1. The van der Waals surface area contributed by atoms with Crippen LogP contribution in [0.25, 0.3) is 87.9 Å². The van der Waals surface area contributed by atoms with E-state index in [0.717, 1.165) is 82.5 Å². The predicted molar refractivity (Wildman–Crippen MR) is 265 cm³/mol. The Balaban J connectivity index is 1.07. The Hall–Kier alpha value is -8.61. The average Bonchev–Trinajstić information content (AvgIpc) is 4.15. The molecule has 65 heavy (non-hydrogen) atoms. The lowest BCUT2D eigenvalue weighted by molar-refractivity contribution is 0.668. The molecule has 0 fully saturated rings. The lowest BCUT2D eigenvalue weighted by Gasteiger charge is -2.30. The number of hydrogen-bond acceptors (Lipinski definition) is 3. The molecule has 0 unspecified atom stereocenters. The molecule has 0 saturated carbocycles. The maximum atomic E-state index is 9.79. The molecule has 14 rings (SSSR count). The molecule has 1 N–H and O–H groups in total. The summed E-state index contributed by atoms with van der Waals surface area (Å²) in [5.74, 6) is 0.487. The molecule has 9 aromatic carbocycles. The van der Waals surface area contributed by atoms with Crippen LogP contribution in [0.2, 0.25) is 0 Å². The van der Waals surface area contributed by atoms with Crippen LogP contribution in [0.1, 0.15) is 40.3 Å². The van der Waals surface area contributed by atoms with Gasteiger partial charge in [-0.15, -0.1) is 0 Å². The summed E-state index contributed by atoms with van der Waals surface area (Å²) in [5, 5.41) is 16.0. The van der Waals surface area contributed by atoms with Crippen LogP contribution in [-0.4, -0.2) is 22.1 Å². The Morgan fingerprint density at radius 1 is 0.446 bits per heavy atom. The topological polar surface area (TPSA) is 79.8 Å². The van der Waals surface area contributed by atoms with Gasteiger partial charge in [-0.1, -0.05) is 140 Å². The second kappa shape index (κ2) is 13.2. The van der Waals surface area contributed by atoms with Crippen LogP contribution in [0, 0.1) is 5.41 Å². The van der Waals surface area contributed by atoms with Gasteiger partial charge in [0, 0.05) is 49.2 Å². The Labute approximate surface area is 372 Å². The molecule has 2 aliphatic carbocycles. The van der Waals surface area contributed by atoms with Crippen molar-refractivity contribution in [2.75, 3.05) is 0 Å². The highest BCUT2D eigenvalue weighted by molar-refractivity contribution is 6.23. The van der Waals surface area contributed by atoms with Gasteiger partial charge in [-0.2, -0.15) is 4.99 Å². The predicted octanol–water partition coefficient (Wildman–Crippen LogP) is 14.7. The van der Waals surface area contributed by atoms with Gasteiger partial charge in [-0.3, -0.25) is 9.98 Å². The maximum Gasteiger partial charge on any atom is 0.236 e. The van der Waals surface area contributed by atoms with Gasteiger partial charge in [0.15, 0.2) is 5.84 Å². The van der Waals surface area contributed by atoms with Gasteiger partial charge >= 0.3 is 0 Å². The molecule has 2 aliphatic rings. The molecule has 3 aromatic heterocycles. The third kappa shape index (κ3) is 4.85. The molecule has 0 amide bonds. The lowest BCUT2D eigenvalue weighted by atomic mass is 9.70. The van der Waals surface area contributed by atoms with E-state index in [0.29, 0.717) is 11.5 Å². The van der Waals surface area contributed by atoms with E-state index < -0.39 is 5.41 Å². The highest BCUT2D eigenvalue weighted by atomic mass is 16.3. The van der Waals surface area contributed by atoms with E-state index in [2.05, 4.69) is 138 Å². The number of aliphatic imine (C=N–C) groups is 2. The quantitative estimate of drug-likeness (QED) is 0.139. The number of benzene rings is 9. The molecule has 6 heteroatoms. The highest BCUT2D eigenvalue weighted by Crippen LogP contribution is 2.64. The third-order valence-electron chi connectivity index (χ3n) is 13.9. The first-order valence-corrected chi connectivity index (χ1v) is 22.0. The number of rotatable bonds is 2. The fourth-order valence-corrected chi connectivity index (χ4v) is 11.2. The minimum atomic E-state index is -0.538. The van der Waals surface area contributed by atoms with Crippen molar-refractivity contribution < 1.29 is 8.83 Å². The van der Waals surface area contributed by atoms with Crippen LogP contribution in [0.4, 0.5) is 0 Å². The fourth-order valence-electron chi connectivity index (χ4n) is 11.2. The van der Waals surface area contributed by atoms with E-state index in [-0.39, 0.29) is 5.84 Å². The standard InChI is InChI=1S/C59H36N4O2/c1-34(35-26-30-53-44(32-35)40-17-6-12-24-51(40)64-53)61-58(62-57(60)36-27-31-54-45(33-36)41-18-7-13-25-52(41)65-54)63-50-23-11-5-16-39(50)42-28-29-49-55(56(42)63)43-19-4-10-22-48(43)59(49)46-20-8-2-14-37(46)38-15-3-9-21-47(38)59/h2-33,60H,1H3. The largest absolute Gasteiger partial charge is 0.456 e. The Morgan fingerprint density at radius 3 is 1.62 bits per heavy atom. The maximum absolute atomic E-state index is 9.79. The second-order valence-corrected chi connectivity index (χ2v) is 17.2. The van der Waals surface area contributed by atoms with E-state index in [1.54, 1.807) is 0 Å². The van der Waals surface area contributed by atoms with Gasteiger partial charge < -0.3 is 8.83 Å². The molecule has 0 aliphatic heterocycles. The summed E-state index contributed by atoms with van der Waals surface area (Å²) in [6.07, 6.45) is 0. The van der Waals surface area contributed by atoms with E-state index in [4.69, 9.17) is 18.8 Å². The molecule has 1 spiro atoms. The zero-order valence-electron chi connectivity index (χ0n) is 35.1. The van der Waals surface area contributed by atoms with Crippen LogP contribution >= 0.6 is 0 Å². The summed E-state index contributed by atoms with van der Waals surface area (Å²) in [5.41, 5.74) is 16.9. The highest BCUT2D eigenvalue weighted by Gasteiger charge is 2.52. The smallest absolute Gasteiger partial charge is 0.236 e. The molecule has 6 nitrogen and oxygen atoms in total. The van der Waals surface area contributed by atoms with Crippen molar-refractivity contribution in [3.05, 3.63) is 228 Å². The van der Waals surface area contributed by atoms with Crippen LogP contribution in [-0.2, 0) is 5.41 Å². The molecule has 0 bridgehead atoms. The van der Waals surface area contributed by atoms with Crippen LogP contribution in [0.5, 0.6) is 0 Å². The van der Waals surface area contributed by atoms with Crippen LogP contribution in [0.15, 0.2) is 213 Å². The molecular weight excluding hydrogens is 797 g/mol. The number of amidine groups is 1. The molecule has 12 aromatic rings. The summed E-state index contributed by atoms with van der Waals surface area (Å²) in [6, 6.07) is 68.1. The summed E-state index contributed by atoms with van der Waals surface area (Å²) in [6.45, 7) is 2.03. The van der Waals surface area contributed by atoms with Crippen molar-refractivity contribution >= 4 is 83.2 Å². The minimum absolute atomic E-state index is 0.0917. The summed E-state index contributed by atoms with van der Waals surface area (Å²) in [4.78, 5) is 10.8. The molecule has 0 saturated heterocycles. The van der Waals surface area contributed by atoms with Crippen molar-refractivity contribution in [2.24, 2.45) is 9.98 Å². The number of para-hydroxylation sites is 3. The summed E-state index contributed by atoms with van der Waals surface area (Å²) >= 11 is 0. The van der Waals surface area contributed by atoms with Crippen LogP contribution in [0.3, 0.4) is 0 Å². The molecule has 0 atom stereocenters. The van der Waals surface area contributed by atoms with Gasteiger partial charge in [0.1, 0.15) is 22.3 Å². The van der Waals surface area contributed by atoms with Crippen LogP contribution < -0.4 is 0 Å². The number of fused-ring (bicyclic) bond motifs is 20. The first-order chi connectivity index (χ1) is 32.1. The molecule has 304 valence electrons. The Morgan fingerprint density at radius 2 is 0.954 bits per heavy atom. The number of nitrogens with zero attached hydrogens (tertiary/aromatic N) is 3. The lowest BCUT2D eigenvalue weighted by Crippen LogP contribution is -2.25. The number of furan rings is 2. The van der Waals surface area contributed by atoms with Crippen molar-refractivity contribution in [2.45, 2.75) is 12.3 Å². The number of hydrogen-bond donors (Lipinski definition) is 1. The molecule has 3 heterocycles. The van der Waals surface area contributed by atoms with Gasteiger partial charge in [0.05, 0.1) is 16.4 Å². The molecular formula is C59H36N4O2. The van der Waals surface area contributed by atoms with Gasteiger partial charge in [0.25, 0.3) is 0 Å². The van der Waals surface area contributed by atoms with Crippen molar-refractivity contribution in [1.82, 2.24) is 4.57 Å². The van der Waals surface area contributed by atoms with Crippen molar-refractivity contribution in [3.63, 3.8) is 0 Å². The first kappa shape index (κ1) is 35.9. The summed E-state index contributed by atoms with van der Waals surface area (Å²) in [7, 11) is 0. The normalized spacial score (nSPS) is 14.0. The van der Waals surface area contributed by atoms with Crippen molar-refractivity contribution in [1.29, 1.82) is 5.41 Å². The molecule has 0 radical (unpaired) electrons.